The summed E-state index contributed by atoms with van der Waals surface area (Å²) in [6, 6.07) is 6.54. The molecule has 0 fully saturated rings. The molecule has 35 heavy (non-hydrogen) atoms. The molecule has 1 aliphatic rings. The third-order valence-corrected chi connectivity index (χ3v) is 5.70. The number of hydrogen-bond acceptors (Lipinski definition) is 7. The molecule has 7 nitrogen and oxygen atoms in total. The number of ether oxygens (including phenoxy) is 1. The lowest BCUT2D eigenvalue weighted by Crippen LogP contribution is -2.32. The fraction of sp³-hybridized carbons (Fsp3) is 0.333. The van der Waals surface area contributed by atoms with Gasteiger partial charge in [0.2, 0.25) is 0 Å². The number of rotatable bonds is 7. The number of aliphatic hydroxyl groups is 2. The zero-order valence-electron chi connectivity index (χ0n) is 18.8. The number of hydrogen-bond donors (Lipinski definition) is 3. The lowest BCUT2D eigenvalue weighted by Gasteiger charge is -2.31. The van der Waals surface area contributed by atoms with Crippen LogP contribution in [0.15, 0.2) is 42.7 Å². The first-order valence-electron chi connectivity index (χ1n) is 11.0. The SMILES string of the molecule is CCOc1cc(Nc2nccc3c2CCN(c2ncc([C@H](O)CO)cc2F)C3)ccc1C(F)(F)F. The largest absolute Gasteiger partial charge is 0.493 e. The van der Waals surface area contributed by atoms with Crippen LogP contribution in [0.25, 0.3) is 0 Å². The fourth-order valence-electron chi connectivity index (χ4n) is 3.99. The highest BCUT2D eigenvalue weighted by Gasteiger charge is 2.34. The van der Waals surface area contributed by atoms with Crippen LogP contribution >= 0.6 is 0 Å². The number of aliphatic hydroxyl groups excluding tert-OH is 2. The molecule has 0 amide bonds. The van der Waals surface area contributed by atoms with Crippen molar-refractivity contribution in [2.45, 2.75) is 32.2 Å². The molecule has 3 N–H and O–H groups in total. The summed E-state index contributed by atoms with van der Waals surface area (Å²) in [5.74, 6) is -0.254. The van der Waals surface area contributed by atoms with E-state index in [-0.39, 0.29) is 23.7 Å². The number of benzene rings is 1. The molecule has 0 spiro atoms. The quantitative estimate of drug-likeness (QED) is 0.422. The normalized spacial score (nSPS) is 14.4. The fourth-order valence-corrected chi connectivity index (χ4v) is 3.99. The van der Waals surface area contributed by atoms with E-state index in [9.17, 15) is 22.7 Å². The minimum absolute atomic E-state index is 0.0892. The van der Waals surface area contributed by atoms with E-state index >= 15 is 0 Å². The van der Waals surface area contributed by atoms with E-state index in [2.05, 4.69) is 15.3 Å². The monoisotopic (exact) mass is 492 g/mol. The van der Waals surface area contributed by atoms with Gasteiger partial charge in [-0.25, -0.2) is 14.4 Å². The Morgan fingerprint density at radius 1 is 1.20 bits per heavy atom. The Morgan fingerprint density at radius 2 is 2.00 bits per heavy atom. The number of alkyl halides is 3. The molecule has 2 aromatic heterocycles. The van der Waals surface area contributed by atoms with Gasteiger partial charge in [-0.1, -0.05) is 0 Å². The van der Waals surface area contributed by atoms with Crippen LogP contribution in [0.4, 0.5) is 34.9 Å². The summed E-state index contributed by atoms with van der Waals surface area (Å²) in [5, 5.41) is 21.8. The van der Waals surface area contributed by atoms with E-state index in [0.29, 0.717) is 31.0 Å². The number of nitrogens with one attached hydrogen (secondary N) is 1. The molecule has 186 valence electrons. The number of nitrogens with zero attached hydrogens (tertiary/aromatic N) is 3. The van der Waals surface area contributed by atoms with Gasteiger partial charge in [0.15, 0.2) is 11.6 Å². The van der Waals surface area contributed by atoms with Crippen molar-refractivity contribution in [1.29, 1.82) is 0 Å². The molecular formula is C24H24F4N4O3. The molecule has 0 radical (unpaired) electrons. The average Bonchev–Trinajstić information content (AvgIpc) is 2.83. The van der Waals surface area contributed by atoms with Gasteiger partial charge in [0.1, 0.15) is 17.7 Å². The van der Waals surface area contributed by atoms with Crippen molar-refractivity contribution < 1.29 is 32.5 Å². The van der Waals surface area contributed by atoms with E-state index < -0.39 is 30.3 Å². The first-order chi connectivity index (χ1) is 16.7. The van der Waals surface area contributed by atoms with Gasteiger partial charge < -0.3 is 25.2 Å². The third kappa shape index (κ3) is 5.30. The number of anilines is 3. The van der Waals surface area contributed by atoms with Gasteiger partial charge in [0, 0.05) is 48.4 Å². The standard InChI is InChI=1S/C24H24F4N4O3/c1-2-35-21-10-16(3-4-18(21)24(26,27)28)31-22-17-6-8-32(12-14(17)5-7-29-22)23-19(25)9-15(11-30-23)20(34)13-33/h3-5,7,9-11,20,33-34H,2,6,8,12-13H2,1H3,(H,29,31)/t20-/m1/s1. The lowest BCUT2D eigenvalue weighted by molar-refractivity contribution is -0.138. The zero-order chi connectivity index (χ0) is 25.2. The molecule has 0 aliphatic carbocycles. The molecule has 0 saturated heterocycles. The minimum atomic E-state index is -4.53. The molecule has 11 heteroatoms. The Kier molecular flexibility index (Phi) is 7.08. The van der Waals surface area contributed by atoms with Gasteiger partial charge in [-0.05, 0) is 43.2 Å². The van der Waals surface area contributed by atoms with Gasteiger partial charge in [-0.15, -0.1) is 0 Å². The van der Waals surface area contributed by atoms with Crippen LogP contribution in [0.5, 0.6) is 5.75 Å². The second kappa shape index (κ2) is 10.0. The third-order valence-electron chi connectivity index (χ3n) is 5.70. The highest BCUT2D eigenvalue weighted by molar-refractivity contribution is 5.64. The number of fused-ring (bicyclic) bond motifs is 1. The molecule has 1 aromatic carbocycles. The number of halogens is 4. The Morgan fingerprint density at radius 3 is 2.69 bits per heavy atom. The number of aromatic nitrogens is 2. The maximum Gasteiger partial charge on any atom is 0.419 e. The number of pyridine rings is 2. The van der Waals surface area contributed by atoms with Crippen LogP contribution in [-0.4, -0.2) is 39.9 Å². The predicted octanol–water partition coefficient (Wildman–Crippen LogP) is 4.37. The minimum Gasteiger partial charge on any atom is -0.493 e. The molecule has 0 saturated carbocycles. The highest BCUT2D eigenvalue weighted by atomic mass is 19.4. The molecule has 3 heterocycles. The van der Waals surface area contributed by atoms with Crippen molar-refractivity contribution in [3.8, 4) is 5.75 Å². The van der Waals surface area contributed by atoms with Gasteiger partial charge in [0.25, 0.3) is 0 Å². The Balaban J connectivity index is 1.57. The van der Waals surface area contributed by atoms with E-state index in [0.717, 1.165) is 23.3 Å². The van der Waals surface area contributed by atoms with Gasteiger partial charge in [-0.2, -0.15) is 13.2 Å². The van der Waals surface area contributed by atoms with E-state index in [4.69, 9.17) is 9.84 Å². The van der Waals surface area contributed by atoms with Crippen molar-refractivity contribution in [2.24, 2.45) is 0 Å². The van der Waals surface area contributed by atoms with E-state index in [1.165, 1.54) is 18.3 Å². The van der Waals surface area contributed by atoms with Crippen LogP contribution in [0.2, 0.25) is 0 Å². The van der Waals surface area contributed by atoms with Crippen molar-refractivity contribution in [1.82, 2.24) is 9.97 Å². The summed E-state index contributed by atoms with van der Waals surface area (Å²) in [6.45, 7) is 1.93. The van der Waals surface area contributed by atoms with Crippen molar-refractivity contribution >= 4 is 17.3 Å². The molecule has 1 aliphatic heterocycles. The maximum atomic E-state index is 14.7. The van der Waals surface area contributed by atoms with E-state index in [1.54, 1.807) is 24.1 Å². The first kappa shape index (κ1) is 24.7. The smallest absolute Gasteiger partial charge is 0.419 e. The molecule has 3 aromatic rings. The second-order valence-electron chi connectivity index (χ2n) is 8.01. The van der Waals surface area contributed by atoms with Crippen LogP contribution in [0.3, 0.4) is 0 Å². The van der Waals surface area contributed by atoms with Gasteiger partial charge >= 0.3 is 6.18 Å². The zero-order valence-corrected chi connectivity index (χ0v) is 18.8. The van der Waals surface area contributed by atoms with Crippen molar-refractivity contribution in [3.63, 3.8) is 0 Å². The van der Waals surface area contributed by atoms with Crippen LogP contribution < -0.4 is 15.0 Å². The topological polar surface area (TPSA) is 90.7 Å². The molecule has 0 unspecified atom stereocenters. The summed E-state index contributed by atoms with van der Waals surface area (Å²) in [6.07, 6.45) is -2.35. The predicted molar refractivity (Wildman–Crippen MR) is 121 cm³/mol. The summed E-state index contributed by atoms with van der Waals surface area (Å²) in [4.78, 5) is 10.2. The highest BCUT2D eigenvalue weighted by Crippen LogP contribution is 2.38. The second-order valence-corrected chi connectivity index (χ2v) is 8.01. The van der Waals surface area contributed by atoms with Crippen molar-refractivity contribution in [2.75, 3.05) is 30.0 Å². The Labute approximate surface area is 199 Å². The molecule has 4 rings (SSSR count). The summed E-state index contributed by atoms with van der Waals surface area (Å²) in [7, 11) is 0. The Bertz CT molecular complexity index is 1210. The van der Waals surface area contributed by atoms with Crippen LogP contribution in [-0.2, 0) is 19.1 Å². The first-order valence-corrected chi connectivity index (χ1v) is 11.0. The average molecular weight is 492 g/mol. The molecular weight excluding hydrogens is 468 g/mol. The molecule has 0 bridgehead atoms. The molecule has 1 atom stereocenters. The van der Waals surface area contributed by atoms with Crippen LogP contribution in [0.1, 0.15) is 35.3 Å². The van der Waals surface area contributed by atoms with Crippen LogP contribution in [0, 0.1) is 5.82 Å². The van der Waals surface area contributed by atoms with Gasteiger partial charge in [-0.3, -0.25) is 0 Å². The maximum absolute atomic E-state index is 14.7. The Hall–Kier alpha value is -3.44. The van der Waals surface area contributed by atoms with Gasteiger partial charge in [0.05, 0.1) is 18.8 Å². The lowest BCUT2D eigenvalue weighted by atomic mass is 10.0. The van der Waals surface area contributed by atoms with Crippen molar-refractivity contribution in [3.05, 3.63) is 70.8 Å². The van der Waals surface area contributed by atoms with E-state index in [1.807, 2.05) is 0 Å². The summed E-state index contributed by atoms with van der Waals surface area (Å²) >= 11 is 0. The summed E-state index contributed by atoms with van der Waals surface area (Å²) in [5.41, 5.74) is 1.47. The summed E-state index contributed by atoms with van der Waals surface area (Å²) < 4.78 is 59.7.